The summed E-state index contributed by atoms with van der Waals surface area (Å²) in [6, 6.07) is 11.3. The molecule has 0 atom stereocenters. The number of piperazine rings is 1. The Labute approximate surface area is 171 Å². The summed E-state index contributed by atoms with van der Waals surface area (Å²) in [5, 5.41) is 13.5. The molecule has 1 aromatic heterocycles. The van der Waals surface area contributed by atoms with Gasteiger partial charge in [-0.3, -0.25) is 4.99 Å². The molecule has 2 heterocycles. The van der Waals surface area contributed by atoms with Crippen LogP contribution in [0.1, 0.15) is 5.56 Å². The highest BCUT2D eigenvalue weighted by atomic mass is 16.5. The number of hydrogen-bond acceptors (Lipinski definition) is 6. The molecule has 0 spiro atoms. The van der Waals surface area contributed by atoms with E-state index in [1.54, 1.807) is 26.4 Å². The molecule has 1 saturated heterocycles. The molecule has 0 amide bonds. The summed E-state index contributed by atoms with van der Waals surface area (Å²) in [5.74, 6) is 1.77. The molecule has 3 rings (SSSR count). The van der Waals surface area contributed by atoms with Crippen molar-refractivity contribution >= 4 is 11.6 Å². The van der Waals surface area contributed by atoms with E-state index in [2.05, 4.69) is 25.1 Å². The van der Waals surface area contributed by atoms with Gasteiger partial charge in [-0.05, 0) is 18.2 Å². The summed E-state index contributed by atoms with van der Waals surface area (Å²) >= 11 is 0. The minimum absolute atomic E-state index is 0.320. The van der Waals surface area contributed by atoms with E-state index in [9.17, 15) is 5.11 Å². The summed E-state index contributed by atoms with van der Waals surface area (Å²) in [4.78, 5) is 13.2. The highest BCUT2D eigenvalue weighted by molar-refractivity contribution is 5.80. The van der Waals surface area contributed by atoms with Gasteiger partial charge in [0.15, 0.2) is 5.96 Å². The molecular formula is C21H29N5O3. The van der Waals surface area contributed by atoms with Gasteiger partial charge in [0.1, 0.15) is 12.4 Å². The van der Waals surface area contributed by atoms with Gasteiger partial charge in [-0.15, -0.1) is 0 Å². The lowest BCUT2D eigenvalue weighted by Crippen LogP contribution is -2.52. The molecule has 0 aliphatic carbocycles. The van der Waals surface area contributed by atoms with Crippen molar-refractivity contribution < 1.29 is 14.6 Å². The van der Waals surface area contributed by atoms with Crippen molar-refractivity contribution in [2.75, 3.05) is 58.5 Å². The lowest BCUT2D eigenvalue weighted by molar-refractivity contribution is 0.143. The summed E-state index contributed by atoms with van der Waals surface area (Å²) in [6.45, 7) is 4.82. The van der Waals surface area contributed by atoms with Crippen LogP contribution in [-0.2, 0) is 11.3 Å². The van der Waals surface area contributed by atoms with Crippen molar-refractivity contribution in [3.63, 3.8) is 0 Å². The lowest BCUT2D eigenvalue weighted by atomic mass is 10.2. The first kappa shape index (κ1) is 20.7. The van der Waals surface area contributed by atoms with Gasteiger partial charge in [0.2, 0.25) is 5.88 Å². The SMILES string of the molecule is CN=C(NCc1cccnc1OCCOC)N1CCN(c2ccccc2O)CC1. The minimum atomic E-state index is 0.320. The van der Waals surface area contributed by atoms with Crippen molar-refractivity contribution in [3.8, 4) is 11.6 Å². The van der Waals surface area contributed by atoms with Gasteiger partial charge in [-0.25, -0.2) is 4.98 Å². The van der Waals surface area contributed by atoms with Gasteiger partial charge in [0, 0.05) is 58.6 Å². The summed E-state index contributed by atoms with van der Waals surface area (Å²) in [7, 11) is 3.43. The maximum Gasteiger partial charge on any atom is 0.218 e. The van der Waals surface area contributed by atoms with Gasteiger partial charge < -0.3 is 29.7 Å². The molecule has 0 radical (unpaired) electrons. The summed E-state index contributed by atoms with van der Waals surface area (Å²) in [5.41, 5.74) is 1.85. The van der Waals surface area contributed by atoms with Crippen LogP contribution in [0.4, 0.5) is 5.69 Å². The molecular weight excluding hydrogens is 370 g/mol. The maximum absolute atomic E-state index is 10.1. The molecule has 2 aromatic rings. The number of anilines is 1. The lowest BCUT2D eigenvalue weighted by Gasteiger charge is -2.37. The molecule has 0 saturated carbocycles. The van der Waals surface area contributed by atoms with Crippen molar-refractivity contribution in [2.45, 2.75) is 6.54 Å². The number of nitrogens with zero attached hydrogens (tertiary/aromatic N) is 4. The van der Waals surface area contributed by atoms with Crippen LogP contribution in [0.3, 0.4) is 0 Å². The third-order valence-electron chi connectivity index (χ3n) is 4.83. The van der Waals surface area contributed by atoms with Crippen LogP contribution < -0.4 is 15.0 Å². The number of nitrogens with one attached hydrogen (secondary N) is 1. The predicted octanol–water partition coefficient (Wildman–Crippen LogP) is 1.71. The molecule has 1 fully saturated rings. The molecule has 1 aromatic carbocycles. The van der Waals surface area contributed by atoms with Gasteiger partial charge in [0.05, 0.1) is 12.3 Å². The number of phenolic OH excluding ortho intramolecular Hbond substituents is 1. The Morgan fingerprint density at radius 3 is 2.66 bits per heavy atom. The Morgan fingerprint density at radius 2 is 1.93 bits per heavy atom. The summed E-state index contributed by atoms with van der Waals surface area (Å²) < 4.78 is 10.7. The van der Waals surface area contributed by atoms with Crippen LogP contribution in [0.15, 0.2) is 47.6 Å². The molecule has 156 valence electrons. The van der Waals surface area contributed by atoms with Crippen molar-refractivity contribution in [2.24, 2.45) is 4.99 Å². The van der Waals surface area contributed by atoms with Gasteiger partial charge in [0.25, 0.3) is 0 Å². The third-order valence-corrected chi connectivity index (χ3v) is 4.83. The predicted molar refractivity (Wildman–Crippen MR) is 114 cm³/mol. The van der Waals surface area contributed by atoms with Crippen LogP contribution in [-0.4, -0.2) is 74.5 Å². The molecule has 8 heteroatoms. The standard InChI is InChI=1S/C21H29N5O3/c1-22-21(24-16-17-6-5-9-23-20(17)29-15-14-28-2)26-12-10-25(11-13-26)18-7-3-4-8-19(18)27/h3-9,27H,10-16H2,1-2H3,(H,22,24). The number of aromatic nitrogens is 1. The van der Waals surface area contributed by atoms with Crippen LogP contribution in [0.5, 0.6) is 11.6 Å². The number of rotatable bonds is 7. The molecule has 1 aliphatic heterocycles. The van der Waals surface area contributed by atoms with Crippen molar-refractivity contribution in [1.29, 1.82) is 0 Å². The number of benzene rings is 1. The molecule has 0 bridgehead atoms. The van der Waals surface area contributed by atoms with E-state index in [1.807, 2.05) is 30.3 Å². The fourth-order valence-electron chi connectivity index (χ4n) is 3.31. The fraction of sp³-hybridized carbons (Fsp3) is 0.429. The molecule has 0 unspecified atom stereocenters. The minimum Gasteiger partial charge on any atom is -0.506 e. The van der Waals surface area contributed by atoms with Crippen LogP contribution in [0.25, 0.3) is 0 Å². The first-order valence-corrected chi connectivity index (χ1v) is 9.77. The van der Waals surface area contributed by atoms with Crippen LogP contribution >= 0.6 is 0 Å². The number of phenols is 1. The topological polar surface area (TPSA) is 82.5 Å². The molecule has 8 nitrogen and oxygen atoms in total. The van der Waals surface area contributed by atoms with Crippen LogP contribution in [0, 0.1) is 0 Å². The highest BCUT2D eigenvalue weighted by Gasteiger charge is 2.21. The Kier molecular flexibility index (Phi) is 7.52. The number of para-hydroxylation sites is 2. The van der Waals surface area contributed by atoms with E-state index in [0.717, 1.165) is 43.4 Å². The van der Waals surface area contributed by atoms with Crippen LogP contribution in [0.2, 0.25) is 0 Å². The highest BCUT2D eigenvalue weighted by Crippen LogP contribution is 2.27. The third kappa shape index (κ3) is 5.51. The monoisotopic (exact) mass is 399 g/mol. The number of methoxy groups -OCH3 is 1. The van der Waals surface area contributed by atoms with E-state index in [1.165, 1.54) is 0 Å². The number of ether oxygens (including phenoxy) is 2. The number of hydrogen-bond donors (Lipinski definition) is 2. The van der Waals surface area contributed by atoms with Crippen molar-refractivity contribution in [1.82, 2.24) is 15.2 Å². The first-order valence-electron chi connectivity index (χ1n) is 9.77. The zero-order chi connectivity index (χ0) is 20.5. The molecule has 1 aliphatic rings. The second-order valence-electron chi connectivity index (χ2n) is 6.67. The molecule has 2 N–H and O–H groups in total. The second kappa shape index (κ2) is 10.5. The number of aliphatic imine (C=N–C) groups is 1. The summed E-state index contributed by atoms with van der Waals surface area (Å²) in [6.07, 6.45) is 1.72. The van der Waals surface area contributed by atoms with E-state index >= 15 is 0 Å². The number of aromatic hydroxyl groups is 1. The zero-order valence-corrected chi connectivity index (χ0v) is 17.0. The maximum atomic E-state index is 10.1. The quantitative estimate of drug-likeness (QED) is 0.417. The Bertz CT molecular complexity index is 806. The Hall–Kier alpha value is -3.00. The van der Waals surface area contributed by atoms with Crippen molar-refractivity contribution in [3.05, 3.63) is 48.2 Å². The number of pyridine rings is 1. The Morgan fingerprint density at radius 1 is 1.14 bits per heavy atom. The van der Waals surface area contributed by atoms with E-state index in [0.29, 0.717) is 31.4 Å². The smallest absolute Gasteiger partial charge is 0.218 e. The van der Waals surface area contributed by atoms with E-state index in [-0.39, 0.29) is 0 Å². The van der Waals surface area contributed by atoms with Gasteiger partial charge in [-0.1, -0.05) is 18.2 Å². The fourth-order valence-corrected chi connectivity index (χ4v) is 3.31. The van der Waals surface area contributed by atoms with E-state index in [4.69, 9.17) is 9.47 Å². The second-order valence-corrected chi connectivity index (χ2v) is 6.67. The van der Waals surface area contributed by atoms with Gasteiger partial charge in [-0.2, -0.15) is 0 Å². The average molecular weight is 399 g/mol. The Balaban J connectivity index is 1.55. The zero-order valence-electron chi connectivity index (χ0n) is 17.0. The normalized spacial score (nSPS) is 14.8. The average Bonchev–Trinajstić information content (AvgIpc) is 2.76. The largest absolute Gasteiger partial charge is 0.506 e. The van der Waals surface area contributed by atoms with Gasteiger partial charge >= 0.3 is 0 Å². The number of guanidine groups is 1. The van der Waals surface area contributed by atoms with E-state index < -0.39 is 0 Å². The first-order chi connectivity index (χ1) is 14.2. The molecule has 29 heavy (non-hydrogen) atoms.